The Hall–Kier alpha value is -4.83. The van der Waals surface area contributed by atoms with Gasteiger partial charge in [0.1, 0.15) is 48.4 Å². The van der Waals surface area contributed by atoms with Crippen LogP contribution in [0, 0.1) is 11.6 Å². The monoisotopic (exact) mass is 718 g/mol. The summed E-state index contributed by atoms with van der Waals surface area (Å²) in [6.07, 6.45) is 6.76. The maximum Gasteiger partial charge on any atom is 0.228 e. The second-order valence-electron chi connectivity index (χ2n) is 12.2. The fourth-order valence-electron chi connectivity index (χ4n) is 6.31. The highest BCUT2D eigenvalue weighted by Gasteiger charge is 2.34. The van der Waals surface area contributed by atoms with E-state index in [1.165, 1.54) is 50.8 Å². The highest BCUT2D eigenvalue weighted by Crippen LogP contribution is 2.32. The number of nitrogens with zero attached hydrogens (tertiary/aromatic N) is 9. The standard InChI is InChI=1S/C21H21ClN4OS.C13H12F2N6O/c22-17-13-18-15(12-20(27)23-18)11-14(17)5-6-25-7-9-26(10-8-25)21-16-3-1-2-4-19(16)28-24-21;14-10-1-2-11(12(15)3-10)13(22,4-20-8-16-6-18-20)5-21-9-17-7-19-21/h1-4,11,13H,5-10,12H2,(H,23,27);1-3,6-9,22H,4-5H2. The van der Waals surface area contributed by atoms with Gasteiger partial charge in [-0.15, -0.1) is 0 Å². The van der Waals surface area contributed by atoms with Gasteiger partial charge in [0.05, 0.1) is 24.2 Å². The number of anilines is 2. The summed E-state index contributed by atoms with van der Waals surface area (Å²) in [7, 11) is 0. The molecule has 2 N–H and O–H groups in total. The first-order valence-electron chi connectivity index (χ1n) is 16.0. The van der Waals surface area contributed by atoms with E-state index in [1.807, 2.05) is 6.07 Å². The summed E-state index contributed by atoms with van der Waals surface area (Å²) < 4.78 is 35.9. The third kappa shape index (κ3) is 7.50. The smallest absolute Gasteiger partial charge is 0.228 e. The first-order valence-corrected chi connectivity index (χ1v) is 17.1. The Bertz CT molecular complexity index is 2050. The molecule has 0 radical (unpaired) electrons. The normalized spacial score (nSPS) is 14.8. The van der Waals surface area contributed by atoms with Gasteiger partial charge in [0.2, 0.25) is 5.91 Å². The quantitative estimate of drug-likeness (QED) is 0.221. The van der Waals surface area contributed by atoms with Gasteiger partial charge >= 0.3 is 0 Å². The maximum absolute atomic E-state index is 14.1. The number of amides is 1. The Morgan fingerprint density at radius 1 is 0.940 bits per heavy atom. The van der Waals surface area contributed by atoms with Gasteiger partial charge in [-0.25, -0.2) is 28.1 Å². The van der Waals surface area contributed by atoms with E-state index in [9.17, 15) is 18.7 Å². The molecule has 0 saturated carbocycles. The molecule has 1 saturated heterocycles. The number of nitrogens with one attached hydrogen (secondary N) is 1. The van der Waals surface area contributed by atoms with Crippen molar-refractivity contribution in [1.82, 2.24) is 38.8 Å². The van der Waals surface area contributed by atoms with Gasteiger partial charge in [0.15, 0.2) is 0 Å². The zero-order valence-electron chi connectivity index (χ0n) is 26.8. The summed E-state index contributed by atoms with van der Waals surface area (Å²) in [5.74, 6) is -0.388. The Morgan fingerprint density at radius 3 is 2.34 bits per heavy atom. The van der Waals surface area contributed by atoms with E-state index in [2.05, 4.69) is 70.0 Å². The molecule has 50 heavy (non-hydrogen) atoms. The van der Waals surface area contributed by atoms with Crippen molar-refractivity contribution in [3.05, 3.63) is 113 Å². The van der Waals surface area contributed by atoms with Gasteiger partial charge < -0.3 is 15.3 Å². The minimum Gasteiger partial charge on any atom is -0.381 e. The maximum atomic E-state index is 14.1. The summed E-state index contributed by atoms with van der Waals surface area (Å²) in [5, 5.41) is 23.6. The Balaban J connectivity index is 0.000000162. The Morgan fingerprint density at radius 2 is 1.66 bits per heavy atom. The van der Waals surface area contributed by atoms with Crippen molar-refractivity contribution in [2.24, 2.45) is 0 Å². The van der Waals surface area contributed by atoms with Gasteiger partial charge in [-0.2, -0.15) is 14.6 Å². The largest absolute Gasteiger partial charge is 0.381 e. The number of benzene rings is 3. The minimum atomic E-state index is -1.70. The molecule has 258 valence electrons. The van der Waals surface area contributed by atoms with Crippen LogP contribution in [0.15, 0.2) is 79.9 Å². The molecule has 16 heteroatoms. The molecule has 3 aromatic carbocycles. The molecule has 0 spiro atoms. The molecular weight excluding hydrogens is 686 g/mol. The third-order valence-electron chi connectivity index (χ3n) is 8.84. The average molecular weight is 719 g/mol. The van der Waals surface area contributed by atoms with E-state index < -0.39 is 17.2 Å². The number of halogens is 3. The topological polar surface area (TPSA) is 130 Å². The molecular formula is C34H33ClF2N10O2S. The van der Waals surface area contributed by atoms with Gasteiger partial charge in [-0.3, -0.25) is 9.69 Å². The fraction of sp³-hybridized carbons (Fsp3) is 0.294. The molecule has 0 atom stereocenters. The van der Waals surface area contributed by atoms with Crippen LogP contribution in [0.5, 0.6) is 0 Å². The number of carbonyl (C=O) groups is 1. The molecule has 3 aromatic heterocycles. The Labute approximate surface area is 295 Å². The number of piperazine rings is 1. The van der Waals surface area contributed by atoms with Crippen LogP contribution in [0.1, 0.15) is 16.7 Å². The van der Waals surface area contributed by atoms with Gasteiger partial charge in [0, 0.05) is 60.4 Å². The Kier molecular flexibility index (Phi) is 9.81. The molecule has 5 heterocycles. The van der Waals surface area contributed by atoms with E-state index >= 15 is 0 Å². The molecule has 6 aromatic rings. The van der Waals surface area contributed by atoms with Crippen molar-refractivity contribution < 1.29 is 18.7 Å². The lowest BCUT2D eigenvalue weighted by Crippen LogP contribution is -2.47. The van der Waals surface area contributed by atoms with Crippen LogP contribution >= 0.6 is 23.1 Å². The highest BCUT2D eigenvalue weighted by molar-refractivity contribution is 7.13. The summed E-state index contributed by atoms with van der Waals surface area (Å²) in [6.45, 7) is 4.85. The van der Waals surface area contributed by atoms with Crippen molar-refractivity contribution in [3.63, 3.8) is 0 Å². The number of carbonyl (C=O) groups excluding carboxylic acids is 1. The van der Waals surface area contributed by atoms with Crippen LogP contribution in [-0.4, -0.2) is 82.5 Å². The van der Waals surface area contributed by atoms with Crippen LogP contribution in [-0.2, 0) is 36.3 Å². The molecule has 0 bridgehead atoms. The van der Waals surface area contributed by atoms with Crippen LogP contribution in [0.25, 0.3) is 10.1 Å². The van der Waals surface area contributed by atoms with Crippen molar-refractivity contribution in [1.29, 1.82) is 0 Å². The molecule has 0 aliphatic carbocycles. The second kappa shape index (κ2) is 14.6. The third-order valence-corrected chi connectivity index (χ3v) is 10.0. The summed E-state index contributed by atoms with van der Waals surface area (Å²) >= 11 is 8.01. The molecule has 2 aliphatic heterocycles. The number of hydrogen-bond donors (Lipinski definition) is 2. The van der Waals surface area contributed by atoms with Crippen molar-refractivity contribution in [2.45, 2.75) is 31.5 Å². The van der Waals surface area contributed by atoms with E-state index in [0.717, 1.165) is 78.9 Å². The molecule has 8 rings (SSSR count). The number of aromatic nitrogens is 7. The SMILES string of the molecule is O=C1Cc2cc(CCN3CCN(c4nsc5ccccc45)CC3)c(Cl)cc2N1.OC(Cn1cncn1)(Cn1cncn1)c1ccc(F)cc1F. The van der Waals surface area contributed by atoms with Crippen LogP contribution in [0.3, 0.4) is 0 Å². The summed E-state index contributed by atoms with van der Waals surface area (Å²) in [6, 6.07) is 15.5. The van der Waals surface area contributed by atoms with E-state index in [-0.39, 0.29) is 24.6 Å². The molecule has 1 fully saturated rings. The molecule has 2 aliphatic rings. The van der Waals surface area contributed by atoms with Gasteiger partial charge in [-0.05, 0) is 53.3 Å². The zero-order valence-corrected chi connectivity index (χ0v) is 28.4. The number of hydrogen-bond acceptors (Lipinski definition) is 10. The first kappa shape index (κ1) is 33.7. The lowest BCUT2D eigenvalue weighted by atomic mass is 9.93. The number of aliphatic hydroxyl groups is 1. The second-order valence-corrected chi connectivity index (χ2v) is 13.5. The summed E-state index contributed by atoms with van der Waals surface area (Å²) in [5.41, 5.74) is 1.30. The molecule has 0 unspecified atom stereocenters. The van der Waals surface area contributed by atoms with Crippen LogP contribution in [0.4, 0.5) is 20.3 Å². The van der Waals surface area contributed by atoms with Gasteiger partial charge in [-0.1, -0.05) is 35.9 Å². The van der Waals surface area contributed by atoms with Crippen molar-refractivity contribution >= 4 is 50.6 Å². The van der Waals surface area contributed by atoms with Crippen molar-refractivity contribution in [2.75, 3.05) is 42.9 Å². The van der Waals surface area contributed by atoms with E-state index in [1.54, 1.807) is 11.5 Å². The van der Waals surface area contributed by atoms with E-state index in [4.69, 9.17) is 11.6 Å². The molecule has 12 nitrogen and oxygen atoms in total. The zero-order chi connectivity index (χ0) is 34.7. The number of rotatable bonds is 9. The van der Waals surface area contributed by atoms with Gasteiger partial charge in [0.25, 0.3) is 0 Å². The predicted octanol–water partition coefficient (Wildman–Crippen LogP) is 4.54. The molecule has 1 amide bonds. The summed E-state index contributed by atoms with van der Waals surface area (Å²) in [4.78, 5) is 24.0. The van der Waals surface area contributed by atoms with Crippen molar-refractivity contribution in [3.8, 4) is 0 Å². The van der Waals surface area contributed by atoms with E-state index in [0.29, 0.717) is 6.42 Å². The minimum absolute atomic E-state index is 0.0499. The first-order chi connectivity index (χ1) is 24.2. The number of fused-ring (bicyclic) bond motifs is 2. The lowest BCUT2D eigenvalue weighted by Gasteiger charge is -2.35. The van der Waals surface area contributed by atoms with Crippen LogP contribution in [0.2, 0.25) is 5.02 Å². The van der Waals surface area contributed by atoms with Crippen LogP contribution < -0.4 is 10.2 Å². The highest BCUT2D eigenvalue weighted by atomic mass is 35.5. The lowest BCUT2D eigenvalue weighted by molar-refractivity contribution is -0.115. The fourth-order valence-corrected chi connectivity index (χ4v) is 7.36. The average Bonchev–Trinajstić information content (AvgIpc) is 3.93. The predicted molar refractivity (Wildman–Crippen MR) is 186 cm³/mol.